The summed E-state index contributed by atoms with van der Waals surface area (Å²) in [6.07, 6.45) is 3.79. The summed E-state index contributed by atoms with van der Waals surface area (Å²) >= 11 is 6.01. The fourth-order valence-electron chi connectivity index (χ4n) is 2.42. The summed E-state index contributed by atoms with van der Waals surface area (Å²) in [7, 11) is 0. The van der Waals surface area contributed by atoms with Gasteiger partial charge in [-0.05, 0) is 37.5 Å². The van der Waals surface area contributed by atoms with E-state index in [0.29, 0.717) is 10.6 Å². The van der Waals surface area contributed by atoms with Crippen molar-refractivity contribution in [3.05, 3.63) is 34.3 Å². The summed E-state index contributed by atoms with van der Waals surface area (Å²) < 4.78 is 0. The second-order valence-corrected chi connectivity index (χ2v) is 5.47. The molecule has 1 aliphatic rings. The molecule has 0 aliphatic heterocycles. The first kappa shape index (κ1) is 13.4. The van der Waals surface area contributed by atoms with E-state index in [4.69, 9.17) is 11.6 Å². The average molecular weight is 268 g/mol. The van der Waals surface area contributed by atoms with Crippen molar-refractivity contribution >= 4 is 17.5 Å². The molecule has 0 saturated heterocycles. The monoisotopic (exact) mass is 267 g/mol. The highest BCUT2D eigenvalue weighted by Crippen LogP contribution is 2.29. The van der Waals surface area contributed by atoms with Gasteiger partial charge in [0.2, 0.25) is 0 Å². The number of rotatable bonds is 3. The third kappa shape index (κ3) is 2.68. The van der Waals surface area contributed by atoms with Crippen LogP contribution in [0.4, 0.5) is 0 Å². The van der Waals surface area contributed by atoms with Crippen molar-refractivity contribution in [1.82, 2.24) is 5.32 Å². The number of carbonyl (C=O) groups is 1. The minimum Gasteiger partial charge on any atom is -0.394 e. The maximum atomic E-state index is 12.1. The third-order valence-corrected chi connectivity index (χ3v) is 4.08. The van der Waals surface area contributed by atoms with E-state index in [1.807, 2.05) is 13.0 Å². The SMILES string of the molecule is Cc1ccc(C(=O)NC2(CO)CCCC2)cc1Cl. The molecular weight excluding hydrogens is 250 g/mol. The second kappa shape index (κ2) is 5.29. The van der Waals surface area contributed by atoms with Gasteiger partial charge in [0.15, 0.2) is 0 Å². The molecule has 1 aliphatic carbocycles. The van der Waals surface area contributed by atoms with Crippen LogP contribution in [0.3, 0.4) is 0 Å². The van der Waals surface area contributed by atoms with Gasteiger partial charge in [-0.2, -0.15) is 0 Å². The van der Waals surface area contributed by atoms with Crippen molar-refractivity contribution in [2.75, 3.05) is 6.61 Å². The lowest BCUT2D eigenvalue weighted by Gasteiger charge is -2.28. The zero-order valence-electron chi connectivity index (χ0n) is 10.5. The fraction of sp³-hybridized carbons (Fsp3) is 0.500. The molecule has 0 aromatic heterocycles. The summed E-state index contributed by atoms with van der Waals surface area (Å²) in [5.74, 6) is -0.159. The highest BCUT2D eigenvalue weighted by molar-refractivity contribution is 6.31. The molecule has 3 nitrogen and oxygen atoms in total. The highest BCUT2D eigenvalue weighted by atomic mass is 35.5. The van der Waals surface area contributed by atoms with Crippen LogP contribution in [0.1, 0.15) is 41.6 Å². The molecule has 0 radical (unpaired) electrons. The molecule has 98 valence electrons. The molecule has 0 spiro atoms. The average Bonchev–Trinajstić information content (AvgIpc) is 2.82. The molecule has 4 heteroatoms. The first-order valence-corrected chi connectivity index (χ1v) is 6.64. The first-order valence-electron chi connectivity index (χ1n) is 6.26. The van der Waals surface area contributed by atoms with Crippen molar-refractivity contribution in [2.45, 2.75) is 38.1 Å². The number of amides is 1. The van der Waals surface area contributed by atoms with Crippen LogP contribution in [-0.2, 0) is 0 Å². The lowest BCUT2D eigenvalue weighted by Crippen LogP contribution is -2.49. The number of hydrogen-bond donors (Lipinski definition) is 2. The predicted octanol–water partition coefficient (Wildman–Crippen LogP) is 2.68. The number of carbonyl (C=O) groups excluding carboxylic acids is 1. The van der Waals surface area contributed by atoms with Gasteiger partial charge < -0.3 is 10.4 Å². The van der Waals surface area contributed by atoms with Gasteiger partial charge in [0.25, 0.3) is 5.91 Å². The van der Waals surface area contributed by atoms with Gasteiger partial charge in [0.1, 0.15) is 0 Å². The highest BCUT2D eigenvalue weighted by Gasteiger charge is 2.34. The molecular formula is C14H18ClNO2. The number of nitrogens with one attached hydrogen (secondary N) is 1. The summed E-state index contributed by atoms with van der Waals surface area (Å²) in [6.45, 7) is 1.90. The number of aryl methyl sites for hydroxylation is 1. The van der Waals surface area contributed by atoms with E-state index in [9.17, 15) is 9.90 Å². The van der Waals surface area contributed by atoms with Crippen LogP contribution in [0.15, 0.2) is 18.2 Å². The van der Waals surface area contributed by atoms with Crippen LogP contribution in [0.5, 0.6) is 0 Å². The molecule has 0 unspecified atom stereocenters. The number of benzene rings is 1. The normalized spacial score (nSPS) is 17.7. The molecule has 0 atom stereocenters. The van der Waals surface area contributed by atoms with Crippen molar-refractivity contribution in [3.8, 4) is 0 Å². The predicted molar refractivity (Wildman–Crippen MR) is 71.9 cm³/mol. The summed E-state index contributed by atoms with van der Waals surface area (Å²) in [4.78, 5) is 12.1. The Balaban J connectivity index is 2.13. The van der Waals surface area contributed by atoms with Crippen molar-refractivity contribution in [1.29, 1.82) is 0 Å². The lowest BCUT2D eigenvalue weighted by atomic mass is 9.98. The van der Waals surface area contributed by atoms with Crippen molar-refractivity contribution < 1.29 is 9.90 Å². The number of aliphatic hydroxyl groups is 1. The van der Waals surface area contributed by atoms with Crippen LogP contribution in [-0.4, -0.2) is 23.2 Å². The maximum absolute atomic E-state index is 12.1. The number of halogens is 1. The lowest BCUT2D eigenvalue weighted by molar-refractivity contribution is 0.0838. The van der Waals surface area contributed by atoms with Crippen LogP contribution >= 0.6 is 11.6 Å². The van der Waals surface area contributed by atoms with Crippen LogP contribution in [0, 0.1) is 6.92 Å². The Labute approximate surface area is 112 Å². The summed E-state index contributed by atoms with van der Waals surface area (Å²) in [6, 6.07) is 5.26. The van der Waals surface area contributed by atoms with Gasteiger partial charge in [-0.3, -0.25) is 4.79 Å². The van der Waals surface area contributed by atoms with Crippen LogP contribution in [0.25, 0.3) is 0 Å². The van der Waals surface area contributed by atoms with Gasteiger partial charge in [-0.15, -0.1) is 0 Å². The standard InChI is InChI=1S/C14H18ClNO2/c1-10-4-5-11(8-12(10)15)13(18)16-14(9-17)6-2-3-7-14/h4-5,8,17H,2-3,6-7,9H2,1H3,(H,16,18). The molecule has 2 N–H and O–H groups in total. The van der Waals surface area contributed by atoms with Gasteiger partial charge in [0, 0.05) is 10.6 Å². The minimum atomic E-state index is -0.436. The molecule has 0 bridgehead atoms. The third-order valence-electron chi connectivity index (χ3n) is 3.68. The topological polar surface area (TPSA) is 49.3 Å². The van der Waals surface area contributed by atoms with Crippen LogP contribution < -0.4 is 5.32 Å². The molecule has 18 heavy (non-hydrogen) atoms. The molecule has 2 rings (SSSR count). The second-order valence-electron chi connectivity index (χ2n) is 5.06. The molecule has 1 aromatic rings. The zero-order chi connectivity index (χ0) is 13.2. The first-order chi connectivity index (χ1) is 8.56. The minimum absolute atomic E-state index is 0.00165. The largest absolute Gasteiger partial charge is 0.394 e. The number of hydrogen-bond acceptors (Lipinski definition) is 2. The van der Waals surface area contributed by atoms with Gasteiger partial charge in [-0.25, -0.2) is 0 Å². The summed E-state index contributed by atoms with van der Waals surface area (Å²) in [5, 5.41) is 13.0. The molecule has 1 fully saturated rings. The van der Waals surface area contributed by atoms with E-state index in [0.717, 1.165) is 31.2 Å². The molecule has 1 aromatic carbocycles. The Hall–Kier alpha value is -1.06. The van der Waals surface area contributed by atoms with E-state index < -0.39 is 5.54 Å². The Bertz CT molecular complexity index is 453. The van der Waals surface area contributed by atoms with E-state index >= 15 is 0 Å². The van der Waals surface area contributed by atoms with E-state index in [-0.39, 0.29) is 12.5 Å². The van der Waals surface area contributed by atoms with Crippen LogP contribution in [0.2, 0.25) is 5.02 Å². The smallest absolute Gasteiger partial charge is 0.251 e. The molecule has 0 heterocycles. The quantitative estimate of drug-likeness (QED) is 0.885. The van der Waals surface area contributed by atoms with Gasteiger partial charge >= 0.3 is 0 Å². The molecule has 1 amide bonds. The fourth-order valence-corrected chi connectivity index (χ4v) is 2.60. The Morgan fingerprint density at radius 3 is 2.67 bits per heavy atom. The van der Waals surface area contributed by atoms with Crippen molar-refractivity contribution in [2.24, 2.45) is 0 Å². The Morgan fingerprint density at radius 1 is 1.44 bits per heavy atom. The van der Waals surface area contributed by atoms with E-state index in [1.54, 1.807) is 12.1 Å². The molecule has 1 saturated carbocycles. The van der Waals surface area contributed by atoms with E-state index in [1.165, 1.54) is 0 Å². The van der Waals surface area contributed by atoms with Gasteiger partial charge in [0.05, 0.1) is 12.1 Å². The Kier molecular flexibility index (Phi) is 3.93. The van der Waals surface area contributed by atoms with Gasteiger partial charge in [-0.1, -0.05) is 30.5 Å². The van der Waals surface area contributed by atoms with E-state index in [2.05, 4.69) is 5.32 Å². The zero-order valence-corrected chi connectivity index (χ0v) is 11.3. The maximum Gasteiger partial charge on any atom is 0.251 e. The Morgan fingerprint density at radius 2 is 2.11 bits per heavy atom. The summed E-state index contributed by atoms with van der Waals surface area (Å²) in [5.41, 5.74) is 1.06. The number of aliphatic hydroxyl groups excluding tert-OH is 1. The van der Waals surface area contributed by atoms with Crippen molar-refractivity contribution in [3.63, 3.8) is 0 Å².